The molecule has 3 aliphatic rings. The van der Waals surface area contributed by atoms with Crippen LogP contribution < -0.4 is 15.8 Å². The Morgan fingerprint density at radius 1 is 1.12 bits per heavy atom. The summed E-state index contributed by atoms with van der Waals surface area (Å²) < 4.78 is 38.8. The van der Waals surface area contributed by atoms with E-state index in [1.807, 2.05) is 0 Å². The van der Waals surface area contributed by atoms with Crippen LogP contribution in [0.4, 0.5) is 19.4 Å². The SMILES string of the molecule is Nc1nc(C#CCC2CCN(C(=O)Oc3ccc(F)c(F)c3)CC2)nc2c1ncn2[C@@H]1O[C@H](C(=O)NC2CC2)[C@H](O)C1O. The van der Waals surface area contributed by atoms with E-state index in [1.165, 1.54) is 21.9 Å². The number of nitrogens with one attached hydrogen (secondary N) is 1. The van der Waals surface area contributed by atoms with Gasteiger partial charge in [0.15, 0.2) is 35.4 Å². The number of rotatable bonds is 5. The van der Waals surface area contributed by atoms with Gasteiger partial charge in [0.05, 0.1) is 6.33 Å². The predicted octanol–water partition coefficient (Wildman–Crippen LogP) is 1.24. The van der Waals surface area contributed by atoms with E-state index in [4.69, 9.17) is 15.2 Å². The van der Waals surface area contributed by atoms with Gasteiger partial charge in [0.2, 0.25) is 5.82 Å². The van der Waals surface area contributed by atoms with Crippen molar-refractivity contribution >= 4 is 29.0 Å². The Bertz CT molecular complexity index is 1610. The molecular weight excluding hydrogens is 568 g/mol. The molecule has 2 aliphatic heterocycles. The van der Waals surface area contributed by atoms with Crippen LogP contribution in [0, 0.1) is 29.4 Å². The Hall–Kier alpha value is -4.39. The Kier molecular flexibility index (Phi) is 7.82. The van der Waals surface area contributed by atoms with Crippen molar-refractivity contribution in [2.75, 3.05) is 18.8 Å². The Balaban J connectivity index is 1.07. The van der Waals surface area contributed by atoms with E-state index < -0.39 is 48.2 Å². The van der Waals surface area contributed by atoms with Crippen LogP contribution in [0.15, 0.2) is 24.5 Å². The molecule has 2 saturated heterocycles. The van der Waals surface area contributed by atoms with Gasteiger partial charge in [-0.15, -0.1) is 0 Å². The second kappa shape index (κ2) is 11.7. The van der Waals surface area contributed by atoms with E-state index in [1.54, 1.807) is 0 Å². The number of hydrogen-bond acceptors (Lipinski definition) is 10. The number of amides is 2. The highest BCUT2D eigenvalue weighted by molar-refractivity contribution is 5.83. The number of imidazole rings is 1. The number of ether oxygens (including phenoxy) is 2. The van der Waals surface area contributed by atoms with E-state index in [0.29, 0.717) is 32.4 Å². The van der Waals surface area contributed by atoms with E-state index in [-0.39, 0.29) is 40.5 Å². The number of nitrogens with zero attached hydrogens (tertiary/aromatic N) is 5. The second-order valence-corrected chi connectivity index (χ2v) is 10.8. The fourth-order valence-corrected chi connectivity index (χ4v) is 5.10. The van der Waals surface area contributed by atoms with Crippen molar-refractivity contribution in [3.05, 3.63) is 42.0 Å². The van der Waals surface area contributed by atoms with Crippen LogP contribution in [-0.4, -0.2) is 84.1 Å². The monoisotopic (exact) mass is 597 g/mol. The van der Waals surface area contributed by atoms with Crippen LogP contribution in [0.5, 0.6) is 5.75 Å². The number of carbonyl (C=O) groups excluding carboxylic acids is 2. The largest absolute Gasteiger partial charge is 0.415 e. The molecule has 13 nitrogen and oxygen atoms in total. The molecule has 1 saturated carbocycles. The maximum Gasteiger partial charge on any atom is 0.415 e. The van der Waals surface area contributed by atoms with E-state index >= 15 is 0 Å². The van der Waals surface area contributed by atoms with Crippen molar-refractivity contribution in [3.63, 3.8) is 0 Å². The molecule has 1 aromatic carbocycles. The van der Waals surface area contributed by atoms with Gasteiger partial charge >= 0.3 is 6.09 Å². The highest BCUT2D eigenvalue weighted by atomic mass is 19.2. The molecule has 0 bridgehead atoms. The number of benzene rings is 1. The molecule has 2 aromatic heterocycles. The molecule has 1 unspecified atom stereocenters. The minimum absolute atomic E-state index is 0.0613. The molecule has 4 atom stereocenters. The molecule has 0 spiro atoms. The van der Waals surface area contributed by atoms with Crippen molar-refractivity contribution in [2.45, 2.75) is 62.7 Å². The molecular formula is C28H29F2N7O6. The number of aromatic nitrogens is 4. The van der Waals surface area contributed by atoms with Gasteiger partial charge in [-0.25, -0.2) is 28.5 Å². The summed E-state index contributed by atoms with van der Waals surface area (Å²) in [5.74, 6) is 3.65. The highest BCUT2D eigenvalue weighted by Crippen LogP contribution is 2.33. The van der Waals surface area contributed by atoms with Gasteiger partial charge in [-0.2, -0.15) is 0 Å². The first-order valence-electron chi connectivity index (χ1n) is 13.9. The Morgan fingerprint density at radius 2 is 1.88 bits per heavy atom. The third-order valence-corrected chi connectivity index (χ3v) is 7.70. The average Bonchev–Trinajstić information content (AvgIpc) is 3.62. The fourth-order valence-electron chi connectivity index (χ4n) is 5.10. The number of hydrogen-bond donors (Lipinski definition) is 4. The summed E-state index contributed by atoms with van der Waals surface area (Å²) >= 11 is 0. The van der Waals surface area contributed by atoms with E-state index in [2.05, 4.69) is 32.1 Å². The zero-order valence-electron chi connectivity index (χ0n) is 22.8. The van der Waals surface area contributed by atoms with E-state index in [9.17, 15) is 28.6 Å². The molecule has 1 aliphatic carbocycles. The van der Waals surface area contributed by atoms with Gasteiger partial charge in [0, 0.05) is 31.6 Å². The van der Waals surface area contributed by atoms with Crippen LogP contribution in [0.2, 0.25) is 0 Å². The minimum Gasteiger partial charge on any atom is -0.410 e. The molecule has 226 valence electrons. The predicted molar refractivity (Wildman–Crippen MR) is 145 cm³/mol. The summed E-state index contributed by atoms with van der Waals surface area (Å²) in [5, 5.41) is 23.9. The quantitative estimate of drug-likeness (QED) is 0.313. The topological polar surface area (TPSA) is 178 Å². The average molecular weight is 598 g/mol. The first-order chi connectivity index (χ1) is 20.7. The third kappa shape index (κ3) is 6.07. The highest BCUT2D eigenvalue weighted by Gasteiger charge is 2.48. The molecule has 2 amide bonds. The number of nitrogens with two attached hydrogens (primary N) is 1. The summed E-state index contributed by atoms with van der Waals surface area (Å²) in [6.45, 7) is 0.831. The molecule has 4 heterocycles. The summed E-state index contributed by atoms with van der Waals surface area (Å²) in [4.78, 5) is 39.3. The number of nitrogen functional groups attached to an aromatic ring is 1. The molecule has 3 fully saturated rings. The van der Waals surface area contributed by atoms with Gasteiger partial charge in [-0.1, -0.05) is 5.92 Å². The lowest BCUT2D eigenvalue weighted by Gasteiger charge is -2.30. The third-order valence-electron chi connectivity index (χ3n) is 7.70. The summed E-state index contributed by atoms with van der Waals surface area (Å²) in [6.07, 6.45) is -0.998. The minimum atomic E-state index is -1.45. The van der Waals surface area contributed by atoms with Gasteiger partial charge in [0.1, 0.15) is 23.5 Å². The lowest BCUT2D eigenvalue weighted by molar-refractivity contribution is -0.137. The molecule has 3 aromatic rings. The zero-order valence-corrected chi connectivity index (χ0v) is 22.8. The maximum atomic E-state index is 13.4. The second-order valence-electron chi connectivity index (χ2n) is 10.8. The van der Waals surface area contributed by atoms with Crippen LogP contribution >= 0.6 is 0 Å². The van der Waals surface area contributed by atoms with Crippen LogP contribution in [0.1, 0.15) is 44.2 Å². The number of carbonyl (C=O) groups is 2. The summed E-state index contributed by atoms with van der Waals surface area (Å²) in [5.41, 5.74) is 6.58. The van der Waals surface area contributed by atoms with Crippen LogP contribution in [-0.2, 0) is 9.53 Å². The lowest BCUT2D eigenvalue weighted by atomic mass is 9.94. The van der Waals surface area contributed by atoms with Crippen molar-refractivity contribution in [1.29, 1.82) is 0 Å². The molecule has 43 heavy (non-hydrogen) atoms. The smallest absolute Gasteiger partial charge is 0.410 e. The molecule has 15 heteroatoms. The van der Waals surface area contributed by atoms with Gasteiger partial charge < -0.3 is 35.6 Å². The lowest BCUT2D eigenvalue weighted by Crippen LogP contribution is -2.43. The van der Waals surface area contributed by atoms with Gasteiger partial charge in [0.25, 0.3) is 5.91 Å². The first kappa shape index (κ1) is 28.7. The summed E-state index contributed by atoms with van der Waals surface area (Å²) in [6, 6.07) is 2.97. The number of piperidine rings is 1. The molecule has 0 radical (unpaired) electrons. The van der Waals surface area contributed by atoms with Crippen LogP contribution in [0.3, 0.4) is 0 Å². The maximum absolute atomic E-state index is 13.4. The van der Waals surface area contributed by atoms with Crippen molar-refractivity contribution in [2.24, 2.45) is 5.92 Å². The molecule has 6 rings (SSSR count). The van der Waals surface area contributed by atoms with Crippen molar-refractivity contribution in [3.8, 4) is 17.6 Å². The van der Waals surface area contributed by atoms with Gasteiger partial charge in [-0.3, -0.25) is 9.36 Å². The number of aliphatic hydroxyl groups excluding tert-OH is 2. The zero-order chi connectivity index (χ0) is 30.2. The van der Waals surface area contributed by atoms with Crippen LogP contribution in [0.25, 0.3) is 11.2 Å². The number of anilines is 1. The Morgan fingerprint density at radius 3 is 2.60 bits per heavy atom. The van der Waals surface area contributed by atoms with Crippen molar-refractivity contribution < 1.29 is 38.1 Å². The Labute approximate surface area is 244 Å². The standard InChI is InChI=1S/C28H29F2N7O6/c29-17-7-6-16(12-18(17)30)42-28(41)36-10-8-14(9-11-36)2-1-3-19-34-24(31)20-25(35-19)37(13-32-20)27-22(39)21(38)23(43-27)26(40)33-15-4-5-15/h6-7,12-15,21-23,27,38-39H,2,4-5,8-11H2,(H,33,40)(H2,31,34,35)/t21-,22?,23+,27-/m1/s1. The van der Waals surface area contributed by atoms with Gasteiger partial charge in [-0.05, 0) is 49.7 Å². The number of aliphatic hydroxyl groups is 2. The number of halogens is 2. The van der Waals surface area contributed by atoms with Crippen molar-refractivity contribution in [1.82, 2.24) is 29.7 Å². The number of likely N-dealkylation sites (tertiary alicyclic amines) is 1. The van der Waals surface area contributed by atoms with E-state index in [0.717, 1.165) is 25.0 Å². The number of fused-ring (bicyclic) bond motifs is 1. The molecule has 5 N–H and O–H groups in total. The normalized spacial score (nSPS) is 24.0. The summed E-state index contributed by atoms with van der Waals surface area (Å²) in [7, 11) is 0. The first-order valence-corrected chi connectivity index (χ1v) is 13.9. The fraction of sp³-hybridized carbons (Fsp3) is 0.464.